The van der Waals surface area contributed by atoms with Gasteiger partial charge in [0.15, 0.2) is 16.7 Å². The summed E-state index contributed by atoms with van der Waals surface area (Å²) in [7, 11) is 1.58. The van der Waals surface area contributed by atoms with E-state index in [9.17, 15) is 9.59 Å². The Morgan fingerprint density at radius 3 is 2.76 bits per heavy atom. The highest BCUT2D eigenvalue weighted by Crippen LogP contribution is 2.41. The van der Waals surface area contributed by atoms with Crippen LogP contribution in [0.5, 0.6) is 5.75 Å². The average molecular weight is 480 g/mol. The van der Waals surface area contributed by atoms with Gasteiger partial charge in [-0.1, -0.05) is 20.8 Å². The van der Waals surface area contributed by atoms with Gasteiger partial charge in [-0.15, -0.1) is 11.3 Å². The largest absolute Gasteiger partial charge is 0.496 e. The van der Waals surface area contributed by atoms with Gasteiger partial charge < -0.3 is 19.8 Å². The van der Waals surface area contributed by atoms with Crippen LogP contribution in [-0.2, 0) is 11.3 Å². The van der Waals surface area contributed by atoms with Crippen LogP contribution in [0.25, 0.3) is 11.0 Å². The van der Waals surface area contributed by atoms with Crippen molar-refractivity contribution in [2.45, 2.75) is 33.7 Å². The molecule has 7 nitrogen and oxygen atoms in total. The number of Topliss-reactive ketones (excluding diaryl/α,β-unsaturated/α-hetero) is 1. The summed E-state index contributed by atoms with van der Waals surface area (Å²) in [4.78, 5) is 28.7. The summed E-state index contributed by atoms with van der Waals surface area (Å²) in [6, 6.07) is 3.56. The second-order valence-electron chi connectivity index (χ2n) is 6.68. The van der Waals surface area contributed by atoms with Gasteiger partial charge >= 0.3 is 0 Å². The lowest BCUT2D eigenvalue weighted by Gasteiger charge is -2.08. The number of ether oxygens (including phenoxy) is 1. The minimum atomic E-state index is -0.118. The fourth-order valence-electron chi connectivity index (χ4n) is 2.69. The second-order valence-corrected chi connectivity index (χ2v) is 8.33. The van der Waals surface area contributed by atoms with Crippen LogP contribution in [0, 0.1) is 5.92 Å². The van der Waals surface area contributed by atoms with Gasteiger partial charge in [0.1, 0.15) is 11.3 Å². The van der Waals surface area contributed by atoms with Crippen LogP contribution in [0.1, 0.15) is 43.4 Å². The predicted molar refractivity (Wildman–Crippen MR) is 118 cm³/mol. The van der Waals surface area contributed by atoms with Crippen LogP contribution in [0.4, 0.5) is 10.8 Å². The molecule has 1 amide bonds. The van der Waals surface area contributed by atoms with Crippen LogP contribution < -0.4 is 15.4 Å². The summed E-state index contributed by atoms with van der Waals surface area (Å²) in [6.45, 7) is 5.82. The van der Waals surface area contributed by atoms with Crippen molar-refractivity contribution in [2.24, 2.45) is 5.92 Å². The van der Waals surface area contributed by atoms with Crippen molar-refractivity contribution in [1.82, 2.24) is 4.98 Å². The van der Waals surface area contributed by atoms with Crippen LogP contribution >= 0.6 is 27.3 Å². The van der Waals surface area contributed by atoms with Gasteiger partial charge in [-0.3, -0.25) is 9.59 Å². The Kier molecular flexibility index (Phi) is 6.59. The molecule has 0 bridgehead atoms. The highest BCUT2D eigenvalue weighted by molar-refractivity contribution is 9.10. The zero-order chi connectivity index (χ0) is 21.1. The SMILES string of the molecule is CCC(=O)c1oc2ccc(OC)c(Br)c2c1NCc1csc(NC(=O)C(C)C)n1. The maximum Gasteiger partial charge on any atom is 0.228 e. The smallest absolute Gasteiger partial charge is 0.228 e. The Morgan fingerprint density at radius 2 is 2.10 bits per heavy atom. The first-order valence-corrected chi connectivity index (χ1v) is 10.8. The normalized spacial score (nSPS) is 11.1. The molecule has 9 heteroatoms. The molecule has 0 spiro atoms. The lowest BCUT2D eigenvalue weighted by atomic mass is 10.1. The number of ketones is 1. The number of hydrogen-bond acceptors (Lipinski definition) is 7. The minimum absolute atomic E-state index is 0.0773. The molecule has 2 N–H and O–H groups in total. The van der Waals surface area contributed by atoms with Gasteiger partial charge in [-0.2, -0.15) is 0 Å². The molecule has 0 saturated carbocycles. The molecule has 1 aromatic carbocycles. The van der Waals surface area contributed by atoms with E-state index in [2.05, 4.69) is 31.5 Å². The molecule has 3 rings (SSSR count). The van der Waals surface area contributed by atoms with Crippen molar-refractivity contribution in [1.29, 1.82) is 0 Å². The second kappa shape index (κ2) is 8.96. The van der Waals surface area contributed by atoms with Gasteiger partial charge in [0.05, 0.1) is 34.9 Å². The first kappa shape index (κ1) is 21.3. The predicted octanol–water partition coefficient (Wildman–Crippen LogP) is 5.46. The lowest BCUT2D eigenvalue weighted by Crippen LogP contribution is -2.17. The number of nitrogens with one attached hydrogen (secondary N) is 2. The number of furan rings is 1. The molecule has 0 saturated heterocycles. The molecule has 0 radical (unpaired) electrons. The zero-order valence-electron chi connectivity index (χ0n) is 16.6. The summed E-state index contributed by atoms with van der Waals surface area (Å²) in [5.74, 6) is 0.626. The van der Waals surface area contributed by atoms with E-state index < -0.39 is 0 Å². The number of amides is 1. The van der Waals surface area contributed by atoms with Crippen molar-refractivity contribution in [3.8, 4) is 5.75 Å². The summed E-state index contributed by atoms with van der Waals surface area (Å²) in [5, 5.41) is 9.22. The van der Waals surface area contributed by atoms with E-state index in [1.54, 1.807) is 26.2 Å². The van der Waals surface area contributed by atoms with E-state index in [1.165, 1.54) is 11.3 Å². The summed E-state index contributed by atoms with van der Waals surface area (Å²) >= 11 is 4.91. The Labute approximate surface area is 181 Å². The Morgan fingerprint density at radius 1 is 1.34 bits per heavy atom. The van der Waals surface area contributed by atoms with Crippen molar-refractivity contribution < 1.29 is 18.7 Å². The number of benzene rings is 1. The minimum Gasteiger partial charge on any atom is -0.496 e. The van der Waals surface area contributed by atoms with E-state index in [0.717, 1.165) is 11.1 Å². The fourth-order valence-corrected chi connectivity index (χ4v) is 4.09. The lowest BCUT2D eigenvalue weighted by molar-refractivity contribution is -0.118. The number of fused-ring (bicyclic) bond motifs is 1. The number of methoxy groups -OCH3 is 1. The number of rotatable bonds is 8. The number of carbonyl (C=O) groups excluding carboxylic acids is 2. The molecule has 0 aliphatic heterocycles. The molecular weight excluding hydrogens is 458 g/mol. The molecule has 0 aliphatic rings. The summed E-state index contributed by atoms with van der Waals surface area (Å²) in [6.07, 6.45) is 0.325. The van der Waals surface area contributed by atoms with Gasteiger partial charge in [-0.05, 0) is 28.1 Å². The number of nitrogens with zero attached hydrogens (tertiary/aromatic N) is 1. The Balaban J connectivity index is 1.90. The van der Waals surface area contributed by atoms with E-state index in [-0.39, 0.29) is 23.4 Å². The maximum atomic E-state index is 12.4. The number of anilines is 2. The summed E-state index contributed by atoms with van der Waals surface area (Å²) < 4.78 is 11.9. The van der Waals surface area contributed by atoms with E-state index in [0.29, 0.717) is 39.6 Å². The van der Waals surface area contributed by atoms with Crippen molar-refractivity contribution >= 4 is 60.7 Å². The van der Waals surface area contributed by atoms with Crippen LogP contribution in [0.15, 0.2) is 26.4 Å². The zero-order valence-corrected chi connectivity index (χ0v) is 19.0. The highest BCUT2D eigenvalue weighted by Gasteiger charge is 2.23. The van der Waals surface area contributed by atoms with Gasteiger partial charge in [0, 0.05) is 17.7 Å². The molecule has 0 unspecified atom stereocenters. The Bertz CT molecular complexity index is 1060. The highest BCUT2D eigenvalue weighted by atomic mass is 79.9. The topological polar surface area (TPSA) is 93.5 Å². The molecule has 2 aromatic heterocycles. The van der Waals surface area contributed by atoms with Crippen LogP contribution in [-0.4, -0.2) is 23.8 Å². The number of halogens is 1. The number of aromatic nitrogens is 1. The van der Waals surface area contributed by atoms with Gasteiger partial charge in [0.25, 0.3) is 0 Å². The quantitative estimate of drug-likeness (QED) is 0.416. The molecule has 154 valence electrons. The van der Waals surface area contributed by atoms with Crippen LogP contribution in [0.2, 0.25) is 0 Å². The van der Waals surface area contributed by atoms with Crippen molar-refractivity contribution in [3.05, 3.63) is 33.4 Å². The molecule has 3 aromatic rings. The molecular formula is C20H22BrN3O4S. The monoisotopic (exact) mass is 479 g/mol. The third-order valence-electron chi connectivity index (χ3n) is 4.30. The van der Waals surface area contributed by atoms with Crippen molar-refractivity contribution in [3.63, 3.8) is 0 Å². The third-order valence-corrected chi connectivity index (χ3v) is 5.90. The molecule has 0 fully saturated rings. The molecule has 29 heavy (non-hydrogen) atoms. The van der Waals surface area contributed by atoms with Gasteiger partial charge in [-0.25, -0.2) is 4.98 Å². The first-order valence-electron chi connectivity index (χ1n) is 9.17. The van der Waals surface area contributed by atoms with Gasteiger partial charge in [0.2, 0.25) is 5.91 Å². The summed E-state index contributed by atoms with van der Waals surface area (Å²) in [5.41, 5.74) is 1.93. The number of carbonyl (C=O) groups is 2. The van der Waals surface area contributed by atoms with Crippen LogP contribution in [0.3, 0.4) is 0 Å². The number of thiazole rings is 1. The average Bonchev–Trinajstić information content (AvgIpc) is 3.30. The third kappa shape index (κ3) is 4.45. The maximum absolute atomic E-state index is 12.4. The standard InChI is InChI=1S/C20H22BrN3O4S/c1-5-12(25)18-17(15-13(28-18)6-7-14(27-4)16(15)21)22-8-11-9-29-20(23-11)24-19(26)10(2)3/h6-7,9-10,22H,5,8H2,1-4H3,(H,23,24,26). The van der Waals surface area contributed by atoms with E-state index in [4.69, 9.17) is 9.15 Å². The number of hydrogen-bond donors (Lipinski definition) is 2. The first-order chi connectivity index (χ1) is 13.8. The fraction of sp³-hybridized carbons (Fsp3) is 0.350. The molecule has 0 atom stereocenters. The van der Waals surface area contributed by atoms with E-state index >= 15 is 0 Å². The molecule has 2 heterocycles. The molecule has 0 aliphatic carbocycles. The van der Waals surface area contributed by atoms with Crippen molar-refractivity contribution in [2.75, 3.05) is 17.7 Å². The Hall–Kier alpha value is -2.39. The van der Waals surface area contributed by atoms with E-state index in [1.807, 2.05) is 19.2 Å².